The number of benzene rings is 2. The van der Waals surface area contributed by atoms with E-state index in [2.05, 4.69) is 11.9 Å². The van der Waals surface area contributed by atoms with Gasteiger partial charge in [0.2, 0.25) is 0 Å². The summed E-state index contributed by atoms with van der Waals surface area (Å²) in [5, 5.41) is 0.698. The second-order valence-electron chi connectivity index (χ2n) is 8.06. The van der Waals surface area contributed by atoms with Gasteiger partial charge in [-0.1, -0.05) is 43.1 Å². The van der Waals surface area contributed by atoms with Crippen LogP contribution in [0.15, 0.2) is 61.2 Å². The molecule has 0 aliphatic carbocycles. The van der Waals surface area contributed by atoms with Crippen molar-refractivity contribution >= 4 is 23.2 Å². The first-order valence-electron chi connectivity index (χ1n) is 10.9. The predicted molar refractivity (Wildman–Crippen MR) is 125 cm³/mol. The van der Waals surface area contributed by atoms with Crippen LogP contribution < -0.4 is 9.64 Å². The Kier molecular flexibility index (Phi) is 7.12. The number of rotatable bonds is 9. The summed E-state index contributed by atoms with van der Waals surface area (Å²) in [6, 6.07) is 13.6. The molecule has 6 nitrogen and oxygen atoms in total. The number of amides is 1. The number of fused-ring (bicyclic) bond motifs is 1. The first kappa shape index (κ1) is 22.4. The second-order valence-corrected chi connectivity index (χ2v) is 8.50. The lowest BCUT2D eigenvalue weighted by atomic mass is 10.0. The molecule has 0 bridgehead atoms. The first-order chi connectivity index (χ1) is 15.5. The molecule has 2 aromatic carbocycles. The zero-order chi connectivity index (χ0) is 22.5. The highest BCUT2D eigenvalue weighted by atomic mass is 35.5. The average molecular weight is 454 g/mol. The molecule has 1 aliphatic heterocycles. The molecule has 2 heterocycles. The summed E-state index contributed by atoms with van der Waals surface area (Å²) in [5.41, 5.74) is 2.78. The van der Waals surface area contributed by atoms with Crippen LogP contribution in [-0.2, 0) is 22.7 Å². The third-order valence-corrected chi connectivity index (χ3v) is 5.96. The lowest BCUT2D eigenvalue weighted by Gasteiger charge is -2.33. The van der Waals surface area contributed by atoms with Gasteiger partial charge < -0.3 is 18.9 Å². The van der Waals surface area contributed by atoms with Crippen LogP contribution in [0.25, 0.3) is 0 Å². The molecule has 168 valence electrons. The fourth-order valence-corrected chi connectivity index (χ4v) is 3.95. The van der Waals surface area contributed by atoms with Crippen LogP contribution in [0, 0.1) is 0 Å². The van der Waals surface area contributed by atoms with Crippen LogP contribution in [0.3, 0.4) is 0 Å². The summed E-state index contributed by atoms with van der Waals surface area (Å²) in [7, 11) is 1.81. The molecular formula is C25H28ClN3O3. The standard InChI is InChI=1S/C25H28ClN3O3/c1-3-4-5-23-25(30)28(2)21-14-19(8-11-22(21)32-23)24(15-29-13-12-27-17-29)31-16-18-6-9-20(26)10-7-18/h6-14,17,23-24H,3-5,15-16H2,1-2H3/t23-,24-/m0/s1. The van der Waals surface area contributed by atoms with Crippen molar-refractivity contribution in [1.29, 1.82) is 0 Å². The first-order valence-corrected chi connectivity index (χ1v) is 11.3. The summed E-state index contributed by atoms with van der Waals surface area (Å²) in [5.74, 6) is 0.729. The van der Waals surface area contributed by atoms with E-state index in [4.69, 9.17) is 21.1 Å². The van der Waals surface area contributed by atoms with Gasteiger partial charge in [0.1, 0.15) is 11.9 Å². The summed E-state index contributed by atoms with van der Waals surface area (Å²) >= 11 is 6.00. The molecule has 32 heavy (non-hydrogen) atoms. The molecule has 0 unspecified atom stereocenters. The third-order valence-electron chi connectivity index (χ3n) is 5.71. The highest BCUT2D eigenvalue weighted by molar-refractivity contribution is 6.30. The van der Waals surface area contributed by atoms with Gasteiger partial charge in [-0.2, -0.15) is 0 Å². The number of ether oxygens (including phenoxy) is 2. The number of anilines is 1. The van der Waals surface area contributed by atoms with Gasteiger partial charge in [0, 0.05) is 24.5 Å². The van der Waals surface area contributed by atoms with Gasteiger partial charge in [0.15, 0.2) is 6.10 Å². The van der Waals surface area contributed by atoms with E-state index >= 15 is 0 Å². The SMILES string of the molecule is CCCC[C@@H]1Oc2ccc([C@H](Cn3ccnc3)OCc3ccc(Cl)cc3)cc2N(C)C1=O. The second kappa shape index (κ2) is 10.2. The van der Waals surface area contributed by atoms with Gasteiger partial charge >= 0.3 is 0 Å². The van der Waals surface area contributed by atoms with E-state index in [0.717, 1.165) is 41.8 Å². The fraction of sp³-hybridized carbons (Fsp3) is 0.360. The largest absolute Gasteiger partial charge is 0.478 e. The van der Waals surface area contributed by atoms with E-state index in [1.165, 1.54) is 0 Å². The molecule has 0 N–H and O–H groups in total. The van der Waals surface area contributed by atoms with E-state index in [1.54, 1.807) is 17.4 Å². The van der Waals surface area contributed by atoms with E-state index in [1.807, 2.05) is 60.3 Å². The summed E-state index contributed by atoms with van der Waals surface area (Å²) < 4.78 is 14.3. The van der Waals surface area contributed by atoms with E-state index < -0.39 is 6.10 Å². The Morgan fingerprint density at radius 1 is 1.22 bits per heavy atom. The maximum Gasteiger partial charge on any atom is 0.267 e. The predicted octanol–water partition coefficient (Wildman–Crippen LogP) is 5.41. The van der Waals surface area contributed by atoms with E-state index in [-0.39, 0.29) is 12.0 Å². The molecule has 1 aliphatic rings. The number of carbonyl (C=O) groups excluding carboxylic acids is 1. The summed E-state index contributed by atoms with van der Waals surface area (Å²) in [4.78, 5) is 18.7. The van der Waals surface area contributed by atoms with Crippen LogP contribution in [0.4, 0.5) is 5.69 Å². The van der Waals surface area contributed by atoms with Crippen LogP contribution in [0.5, 0.6) is 5.75 Å². The third kappa shape index (κ3) is 5.14. The molecule has 0 fully saturated rings. The molecule has 0 radical (unpaired) electrons. The molecule has 1 aromatic heterocycles. The Morgan fingerprint density at radius 2 is 2.03 bits per heavy atom. The minimum atomic E-state index is -0.416. The number of aromatic nitrogens is 2. The zero-order valence-corrected chi connectivity index (χ0v) is 19.2. The average Bonchev–Trinajstić information content (AvgIpc) is 3.32. The zero-order valence-electron chi connectivity index (χ0n) is 18.4. The van der Waals surface area contributed by atoms with Crippen molar-refractivity contribution in [3.63, 3.8) is 0 Å². The van der Waals surface area contributed by atoms with Gasteiger partial charge in [-0.25, -0.2) is 4.98 Å². The van der Waals surface area contributed by atoms with Crippen molar-refractivity contribution in [1.82, 2.24) is 9.55 Å². The van der Waals surface area contributed by atoms with Crippen LogP contribution >= 0.6 is 11.6 Å². The molecule has 7 heteroatoms. The highest BCUT2D eigenvalue weighted by Gasteiger charge is 2.32. The molecule has 0 spiro atoms. The number of hydrogen-bond acceptors (Lipinski definition) is 4. The topological polar surface area (TPSA) is 56.6 Å². The molecule has 2 atom stereocenters. The van der Waals surface area contributed by atoms with E-state index in [0.29, 0.717) is 18.2 Å². The monoisotopic (exact) mass is 453 g/mol. The highest BCUT2D eigenvalue weighted by Crippen LogP contribution is 2.37. The van der Waals surface area contributed by atoms with Gasteiger partial charge in [-0.15, -0.1) is 0 Å². The summed E-state index contributed by atoms with van der Waals surface area (Å²) in [6.07, 6.45) is 7.51. The van der Waals surface area contributed by atoms with Crippen molar-refractivity contribution in [2.45, 2.75) is 51.5 Å². The molecule has 4 rings (SSSR count). The number of carbonyl (C=O) groups is 1. The van der Waals surface area contributed by atoms with Gasteiger partial charge in [0.05, 0.1) is 25.2 Å². The maximum absolute atomic E-state index is 12.8. The van der Waals surface area contributed by atoms with Gasteiger partial charge in [-0.3, -0.25) is 4.79 Å². The normalized spacial score (nSPS) is 16.5. The lowest BCUT2D eigenvalue weighted by molar-refractivity contribution is -0.126. The number of hydrogen-bond donors (Lipinski definition) is 0. The number of imidazole rings is 1. The van der Waals surface area contributed by atoms with Crippen molar-refractivity contribution in [3.05, 3.63) is 77.3 Å². The van der Waals surface area contributed by atoms with Crippen LogP contribution in [0.2, 0.25) is 5.02 Å². The lowest BCUT2D eigenvalue weighted by Crippen LogP contribution is -2.43. The molecule has 0 saturated heterocycles. The van der Waals surface area contributed by atoms with E-state index in [9.17, 15) is 4.79 Å². The molecule has 3 aromatic rings. The van der Waals surface area contributed by atoms with Crippen molar-refractivity contribution < 1.29 is 14.3 Å². The molecule has 0 saturated carbocycles. The fourth-order valence-electron chi connectivity index (χ4n) is 3.82. The summed E-state index contributed by atoms with van der Waals surface area (Å²) in [6.45, 7) is 3.16. The van der Waals surface area contributed by atoms with Crippen LogP contribution in [0.1, 0.15) is 43.4 Å². The Balaban J connectivity index is 1.57. The Bertz CT molecular complexity index is 1040. The Morgan fingerprint density at radius 3 is 2.75 bits per heavy atom. The minimum Gasteiger partial charge on any atom is -0.478 e. The Hall–Kier alpha value is -2.83. The maximum atomic E-state index is 12.8. The smallest absolute Gasteiger partial charge is 0.267 e. The quantitative estimate of drug-likeness (QED) is 0.434. The van der Waals surface area contributed by atoms with Crippen molar-refractivity contribution in [2.75, 3.05) is 11.9 Å². The Labute approximate surface area is 193 Å². The van der Waals surface area contributed by atoms with Crippen LogP contribution in [-0.4, -0.2) is 28.6 Å². The number of halogens is 1. The van der Waals surface area contributed by atoms with Gasteiger partial charge in [-0.05, 0) is 48.2 Å². The van der Waals surface area contributed by atoms with Crippen molar-refractivity contribution in [2.24, 2.45) is 0 Å². The number of likely N-dealkylation sites (N-methyl/N-ethyl adjacent to an activating group) is 1. The minimum absolute atomic E-state index is 0.00339. The van der Waals surface area contributed by atoms with Crippen molar-refractivity contribution in [3.8, 4) is 5.75 Å². The number of unbranched alkanes of at least 4 members (excludes halogenated alkanes) is 1. The molecular weight excluding hydrogens is 426 g/mol. The van der Waals surface area contributed by atoms with Gasteiger partial charge in [0.25, 0.3) is 5.91 Å². The number of nitrogens with zero attached hydrogens (tertiary/aromatic N) is 3. The molecule has 1 amide bonds.